The van der Waals surface area contributed by atoms with Gasteiger partial charge in [-0.1, -0.05) is 24.6 Å². The number of hydrogen-bond acceptors (Lipinski definition) is 6. The summed E-state index contributed by atoms with van der Waals surface area (Å²) in [6.45, 7) is 5.75. The molecule has 1 aliphatic heterocycles. The van der Waals surface area contributed by atoms with E-state index in [0.29, 0.717) is 23.5 Å². The SMILES string of the molecule is Cc1ccc(S(=O)(=O)N(C)C[C@@H]2Oc3ccc(NC(=O)C4CC4)cc3CC(=O)N([C@@H](C)CO)C[C@@H]2C)cc1. The standard InChI is InChI=1S/C28H37N3O6S/c1-18-5-10-24(11-6-18)38(35,36)30(4)16-26-19(2)15-31(20(3)17-32)27(33)14-22-13-23(9-12-25(22)37-26)29-28(34)21-7-8-21/h5-6,9-13,19-21,26,32H,7-8,14-17H2,1-4H3,(H,29,34)/t19-,20-,26-/m0/s1. The summed E-state index contributed by atoms with van der Waals surface area (Å²) in [5.74, 6) is 0.0544. The summed E-state index contributed by atoms with van der Waals surface area (Å²) in [5.41, 5.74) is 2.15. The Kier molecular flexibility index (Phi) is 8.44. The van der Waals surface area contributed by atoms with E-state index >= 15 is 0 Å². The van der Waals surface area contributed by atoms with Crippen LogP contribution >= 0.6 is 0 Å². The van der Waals surface area contributed by atoms with Gasteiger partial charge in [0.25, 0.3) is 0 Å². The molecular formula is C28H37N3O6S. The fourth-order valence-electron chi connectivity index (χ4n) is 4.56. The van der Waals surface area contributed by atoms with Gasteiger partial charge in [0.05, 0.1) is 30.5 Å². The van der Waals surface area contributed by atoms with Gasteiger partial charge in [-0.25, -0.2) is 8.42 Å². The van der Waals surface area contributed by atoms with E-state index in [1.54, 1.807) is 54.3 Å². The summed E-state index contributed by atoms with van der Waals surface area (Å²) in [4.78, 5) is 27.5. The Bertz CT molecular complexity index is 1280. The third-order valence-electron chi connectivity index (χ3n) is 7.30. The molecule has 1 fully saturated rings. The second-order valence-corrected chi connectivity index (χ2v) is 12.6. The number of sulfonamides is 1. The van der Waals surface area contributed by atoms with Gasteiger partial charge in [0.2, 0.25) is 21.8 Å². The van der Waals surface area contributed by atoms with Crippen LogP contribution < -0.4 is 10.1 Å². The van der Waals surface area contributed by atoms with Crippen LogP contribution in [0.15, 0.2) is 47.4 Å². The molecule has 0 aromatic heterocycles. The highest BCUT2D eigenvalue weighted by Crippen LogP contribution is 2.33. The zero-order valence-electron chi connectivity index (χ0n) is 22.4. The van der Waals surface area contributed by atoms with Gasteiger partial charge in [-0.2, -0.15) is 4.31 Å². The molecule has 0 saturated heterocycles. The molecule has 206 valence electrons. The number of nitrogens with zero attached hydrogens (tertiary/aromatic N) is 2. The van der Waals surface area contributed by atoms with Gasteiger partial charge in [0, 0.05) is 36.7 Å². The van der Waals surface area contributed by atoms with E-state index in [9.17, 15) is 23.1 Å². The lowest BCUT2D eigenvalue weighted by Crippen LogP contribution is -2.48. The first kappa shape index (κ1) is 28.1. The van der Waals surface area contributed by atoms with Gasteiger partial charge in [0.1, 0.15) is 11.9 Å². The minimum atomic E-state index is -3.77. The second kappa shape index (κ2) is 11.4. The highest BCUT2D eigenvalue weighted by atomic mass is 32.2. The lowest BCUT2D eigenvalue weighted by Gasteiger charge is -2.33. The topological polar surface area (TPSA) is 116 Å². The van der Waals surface area contributed by atoms with E-state index in [4.69, 9.17) is 4.74 Å². The van der Waals surface area contributed by atoms with Crippen LogP contribution in [0.2, 0.25) is 0 Å². The van der Waals surface area contributed by atoms with Gasteiger partial charge in [0.15, 0.2) is 0 Å². The van der Waals surface area contributed by atoms with E-state index in [1.165, 1.54) is 11.4 Å². The van der Waals surface area contributed by atoms with Crippen molar-refractivity contribution in [2.24, 2.45) is 11.8 Å². The number of amides is 2. The third-order valence-corrected chi connectivity index (χ3v) is 9.14. The number of rotatable bonds is 8. The van der Waals surface area contributed by atoms with Crippen molar-refractivity contribution >= 4 is 27.5 Å². The van der Waals surface area contributed by atoms with Gasteiger partial charge >= 0.3 is 0 Å². The predicted molar refractivity (Wildman–Crippen MR) is 144 cm³/mol. The Hall–Kier alpha value is -2.95. The molecule has 2 amide bonds. The summed E-state index contributed by atoms with van der Waals surface area (Å²) >= 11 is 0. The minimum Gasteiger partial charge on any atom is -0.488 e. The highest BCUT2D eigenvalue weighted by molar-refractivity contribution is 7.89. The van der Waals surface area contributed by atoms with Crippen molar-refractivity contribution in [3.8, 4) is 5.75 Å². The van der Waals surface area contributed by atoms with Crippen LogP contribution in [-0.2, 0) is 26.0 Å². The van der Waals surface area contributed by atoms with Gasteiger partial charge in [-0.15, -0.1) is 0 Å². The Labute approximate surface area is 224 Å². The molecule has 9 nitrogen and oxygen atoms in total. The second-order valence-electron chi connectivity index (χ2n) is 10.6. The van der Waals surface area contributed by atoms with Crippen LogP contribution in [0.4, 0.5) is 5.69 Å². The average molecular weight is 544 g/mol. The van der Waals surface area contributed by atoms with E-state index in [2.05, 4.69) is 5.32 Å². The molecule has 1 aliphatic carbocycles. The van der Waals surface area contributed by atoms with E-state index in [0.717, 1.165) is 18.4 Å². The third kappa shape index (κ3) is 6.36. The van der Waals surface area contributed by atoms with Gasteiger partial charge in [-0.05, 0) is 57.0 Å². The summed E-state index contributed by atoms with van der Waals surface area (Å²) in [6, 6.07) is 11.5. The number of aliphatic hydroxyl groups is 1. The molecule has 0 radical (unpaired) electrons. The zero-order valence-corrected chi connectivity index (χ0v) is 23.2. The Morgan fingerprint density at radius 1 is 1.21 bits per heavy atom. The molecule has 2 aromatic carbocycles. The molecule has 2 aliphatic rings. The first-order valence-corrected chi connectivity index (χ1v) is 14.5. The van der Waals surface area contributed by atoms with Crippen LogP contribution in [-0.4, -0.2) is 73.4 Å². The number of benzene rings is 2. The van der Waals surface area contributed by atoms with Crippen molar-refractivity contribution in [1.82, 2.24) is 9.21 Å². The average Bonchev–Trinajstić information content (AvgIpc) is 3.72. The first-order chi connectivity index (χ1) is 18.0. The molecule has 1 saturated carbocycles. The molecule has 38 heavy (non-hydrogen) atoms. The van der Waals surface area contributed by atoms with Gasteiger partial charge in [-0.3, -0.25) is 9.59 Å². The molecule has 0 spiro atoms. The van der Waals surface area contributed by atoms with Crippen LogP contribution in [0.1, 0.15) is 37.8 Å². The monoisotopic (exact) mass is 543 g/mol. The number of ether oxygens (including phenoxy) is 1. The van der Waals surface area contributed by atoms with Gasteiger partial charge < -0.3 is 20.1 Å². The molecule has 3 atom stereocenters. The van der Waals surface area contributed by atoms with Crippen molar-refractivity contribution < 1.29 is 27.9 Å². The first-order valence-electron chi connectivity index (χ1n) is 13.0. The molecule has 0 bridgehead atoms. The molecular weight excluding hydrogens is 506 g/mol. The summed E-state index contributed by atoms with van der Waals surface area (Å²) in [5, 5.41) is 12.7. The number of fused-ring (bicyclic) bond motifs is 1. The lowest BCUT2D eigenvalue weighted by atomic mass is 10.0. The van der Waals surface area contributed by atoms with Crippen LogP contribution in [0.25, 0.3) is 0 Å². The van der Waals surface area contributed by atoms with E-state index in [-0.39, 0.29) is 48.1 Å². The number of aryl methyl sites for hydroxylation is 1. The zero-order chi connectivity index (χ0) is 27.6. The number of likely N-dealkylation sites (N-methyl/N-ethyl adjacent to an activating group) is 1. The van der Waals surface area contributed by atoms with Crippen molar-refractivity contribution in [2.75, 3.05) is 32.1 Å². The van der Waals surface area contributed by atoms with Crippen LogP contribution in [0, 0.1) is 18.8 Å². The molecule has 4 rings (SSSR count). The number of hydrogen-bond donors (Lipinski definition) is 2. The maximum Gasteiger partial charge on any atom is 0.242 e. The Morgan fingerprint density at radius 2 is 1.89 bits per heavy atom. The van der Waals surface area contributed by atoms with Crippen LogP contribution in [0.3, 0.4) is 0 Å². The Balaban J connectivity index is 1.64. The maximum absolute atomic E-state index is 13.3. The summed E-state index contributed by atoms with van der Waals surface area (Å²) in [7, 11) is -2.25. The number of carbonyl (C=O) groups is 2. The normalized spacial score (nSPS) is 21.1. The predicted octanol–water partition coefficient (Wildman–Crippen LogP) is 2.81. The largest absolute Gasteiger partial charge is 0.488 e. The highest BCUT2D eigenvalue weighted by Gasteiger charge is 2.34. The smallest absolute Gasteiger partial charge is 0.242 e. The molecule has 10 heteroatoms. The quantitative estimate of drug-likeness (QED) is 0.529. The fraction of sp³-hybridized carbons (Fsp3) is 0.500. The Morgan fingerprint density at radius 3 is 2.53 bits per heavy atom. The number of aliphatic hydroxyl groups excluding tert-OH is 1. The van der Waals surface area contributed by atoms with E-state index < -0.39 is 22.2 Å². The number of nitrogens with one attached hydrogen (secondary N) is 1. The maximum atomic E-state index is 13.3. The molecule has 0 unspecified atom stereocenters. The molecule has 1 heterocycles. The summed E-state index contributed by atoms with van der Waals surface area (Å²) in [6.07, 6.45) is 1.21. The van der Waals surface area contributed by atoms with Crippen molar-refractivity contribution in [1.29, 1.82) is 0 Å². The minimum absolute atomic E-state index is 0.0315. The molecule has 2 aromatic rings. The van der Waals surface area contributed by atoms with Crippen LogP contribution in [0.5, 0.6) is 5.75 Å². The van der Waals surface area contributed by atoms with Crippen molar-refractivity contribution in [2.45, 2.75) is 57.1 Å². The van der Waals surface area contributed by atoms with Crippen molar-refractivity contribution in [3.05, 3.63) is 53.6 Å². The molecule has 2 N–H and O–H groups in total. The van der Waals surface area contributed by atoms with Crippen molar-refractivity contribution in [3.63, 3.8) is 0 Å². The lowest BCUT2D eigenvalue weighted by molar-refractivity contribution is -0.134. The van der Waals surface area contributed by atoms with E-state index in [1.807, 2.05) is 13.8 Å². The number of anilines is 1. The number of carbonyl (C=O) groups excluding carboxylic acids is 2. The fourth-order valence-corrected chi connectivity index (χ4v) is 5.74. The summed E-state index contributed by atoms with van der Waals surface area (Å²) < 4.78 is 34.3.